The van der Waals surface area contributed by atoms with Gasteiger partial charge in [0.2, 0.25) is 5.91 Å². The van der Waals surface area contributed by atoms with Gasteiger partial charge in [-0.05, 0) is 50.9 Å². The molecule has 0 aromatic rings. The Morgan fingerprint density at radius 1 is 1.05 bits per heavy atom. The number of nitrogens with zero attached hydrogens (tertiary/aromatic N) is 1. The van der Waals surface area contributed by atoms with Crippen molar-refractivity contribution in [3.05, 3.63) is 0 Å². The van der Waals surface area contributed by atoms with Crippen LogP contribution in [0.1, 0.15) is 71.6 Å². The summed E-state index contributed by atoms with van der Waals surface area (Å²) in [6.07, 6.45) is 11.7. The van der Waals surface area contributed by atoms with E-state index in [1.165, 1.54) is 51.4 Å². The van der Waals surface area contributed by atoms with E-state index in [4.69, 9.17) is 4.74 Å². The second-order valence-corrected chi connectivity index (χ2v) is 7.61. The summed E-state index contributed by atoms with van der Waals surface area (Å²) in [5.74, 6) is 1.62. The van der Waals surface area contributed by atoms with Crippen LogP contribution in [0, 0.1) is 11.8 Å². The highest BCUT2D eigenvalue weighted by Crippen LogP contribution is 2.39. The Kier molecular flexibility index (Phi) is 4.88. The fraction of sp³-hybridized carbons (Fsp3) is 0.944. The maximum Gasteiger partial charge on any atom is 0.249 e. The highest BCUT2D eigenvalue weighted by molar-refractivity contribution is 5.78. The maximum absolute atomic E-state index is 12.7. The molecule has 21 heavy (non-hydrogen) atoms. The first-order valence-electron chi connectivity index (χ1n) is 9.09. The molecule has 3 heteroatoms. The van der Waals surface area contributed by atoms with Crippen LogP contribution in [-0.4, -0.2) is 35.6 Å². The molecule has 1 saturated heterocycles. The number of hydrogen-bond donors (Lipinski definition) is 0. The highest BCUT2D eigenvalue weighted by atomic mass is 16.5. The summed E-state index contributed by atoms with van der Waals surface area (Å²) in [6, 6.07) is 0.923. The summed E-state index contributed by atoms with van der Waals surface area (Å²) in [7, 11) is 0. The second kappa shape index (κ2) is 6.68. The Bertz CT molecular complexity index is 370. The Hall–Kier alpha value is -0.570. The van der Waals surface area contributed by atoms with E-state index < -0.39 is 0 Å². The van der Waals surface area contributed by atoms with Crippen LogP contribution in [0.5, 0.6) is 0 Å². The molecule has 1 amide bonds. The highest BCUT2D eigenvalue weighted by Gasteiger charge is 2.42. The maximum atomic E-state index is 12.7. The molecule has 0 N–H and O–H groups in total. The monoisotopic (exact) mass is 293 g/mol. The fourth-order valence-electron chi connectivity index (χ4n) is 4.92. The molecular weight excluding hydrogens is 262 g/mol. The fourth-order valence-corrected chi connectivity index (χ4v) is 4.92. The third-order valence-electron chi connectivity index (χ3n) is 6.09. The van der Waals surface area contributed by atoms with Gasteiger partial charge in [0.05, 0.1) is 6.10 Å². The van der Waals surface area contributed by atoms with Crippen LogP contribution in [0.15, 0.2) is 0 Å². The van der Waals surface area contributed by atoms with Crippen molar-refractivity contribution in [1.29, 1.82) is 0 Å². The van der Waals surface area contributed by atoms with Crippen LogP contribution in [0.4, 0.5) is 0 Å². The van der Waals surface area contributed by atoms with E-state index in [-0.39, 0.29) is 5.91 Å². The molecule has 5 atom stereocenters. The average molecular weight is 293 g/mol. The first kappa shape index (κ1) is 15.3. The van der Waals surface area contributed by atoms with E-state index in [1.807, 2.05) is 0 Å². The van der Waals surface area contributed by atoms with Crippen molar-refractivity contribution < 1.29 is 9.53 Å². The van der Waals surface area contributed by atoms with E-state index in [1.54, 1.807) is 0 Å². The standard InChI is InChI=1S/C18H31NO2/c1-13-7-3-6-10-17(13)21-12-18(20)19-14(2)11-15-8-4-5-9-16(15)19/h13-17H,3-12H2,1-2H3/t13-,14-,15+,16-,17+/m1/s1. The molecule has 3 aliphatic rings. The molecule has 3 nitrogen and oxygen atoms in total. The van der Waals surface area contributed by atoms with Crippen molar-refractivity contribution in [2.24, 2.45) is 11.8 Å². The lowest BCUT2D eigenvalue weighted by Crippen LogP contribution is -2.45. The number of likely N-dealkylation sites (tertiary alicyclic amines) is 1. The number of carbonyl (C=O) groups is 1. The van der Waals surface area contributed by atoms with Crippen molar-refractivity contribution in [1.82, 2.24) is 4.90 Å². The first-order valence-corrected chi connectivity index (χ1v) is 9.09. The number of rotatable bonds is 3. The van der Waals surface area contributed by atoms with E-state index in [9.17, 15) is 4.79 Å². The van der Waals surface area contributed by atoms with Crippen molar-refractivity contribution in [2.75, 3.05) is 6.61 Å². The molecule has 1 aliphatic heterocycles. The molecule has 0 aromatic carbocycles. The zero-order chi connectivity index (χ0) is 14.8. The molecule has 0 spiro atoms. The molecule has 3 fully saturated rings. The van der Waals surface area contributed by atoms with Crippen molar-refractivity contribution >= 4 is 5.91 Å². The van der Waals surface area contributed by atoms with E-state index in [0.717, 1.165) is 12.3 Å². The minimum atomic E-state index is 0.245. The van der Waals surface area contributed by atoms with Gasteiger partial charge < -0.3 is 9.64 Å². The average Bonchev–Trinajstić information content (AvgIpc) is 2.82. The van der Waals surface area contributed by atoms with Crippen LogP contribution in [0.3, 0.4) is 0 Å². The zero-order valence-electron chi connectivity index (χ0n) is 13.7. The summed E-state index contributed by atoms with van der Waals surface area (Å²) in [5.41, 5.74) is 0. The molecule has 0 bridgehead atoms. The normalized spacial score (nSPS) is 40.1. The van der Waals surface area contributed by atoms with Gasteiger partial charge in [-0.2, -0.15) is 0 Å². The van der Waals surface area contributed by atoms with Gasteiger partial charge in [-0.3, -0.25) is 4.79 Å². The Morgan fingerprint density at radius 3 is 2.57 bits per heavy atom. The van der Waals surface area contributed by atoms with E-state index >= 15 is 0 Å². The molecule has 0 radical (unpaired) electrons. The van der Waals surface area contributed by atoms with Gasteiger partial charge in [0, 0.05) is 12.1 Å². The van der Waals surface area contributed by atoms with Crippen LogP contribution < -0.4 is 0 Å². The molecular formula is C18H31NO2. The topological polar surface area (TPSA) is 29.5 Å². The predicted octanol–water partition coefficient (Wildman–Crippen LogP) is 3.76. The van der Waals surface area contributed by atoms with Crippen LogP contribution in [0.2, 0.25) is 0 Å². The van der Waals surface area contributed by atoms with Gasteiger partial charge in [-0.25, -0.2) is 0 Å². The van der Waals surface area contributed by atoms with Crippen molar-refractivity contribution in [3.8, 4) is 0 Å². The van der Waals surface area contributed by atoms with Crippen LogP contribution in [-0.2, 0) is 9.53 Å². The second-order valence-electron chi connectivity index (χ2n) is 7.61. The first-order chi connectivity index (χ1) is 10.2. The summed E-state index contributed by atoms with van der Waals surface area (Å²) >= 11 is 0. The smallest absolute Gasteiger partial charge is 0.249 e. The zero-order valence-corrected chi connectivity index (χ0v) is 13.7. The number of fused-ring (bicyclic) bond motifs is 1. The lowest BCUT2D eigenvalue weighted by atomic mass is 9.85. The summed E-state index contributed by atoms with van der Waals surface area (Å²) in [4.78, 5) is 14.8. The number of ether oxygens (including phenoxy) is 1. The van der Waals surface area contributed by atoms with Crippen molar-refractivity contribution in [3.63, 3.8) is 0 Å². The molecule has 1 heterocycles. The summed E-state index contributed by atoms with van der Waals surface area (Å²) < 4.78 is 6.01. The molecule has 0 aromatic heterocycles. The number of carbonyl (C=O) groups excluding carboxylic acids is 1. The molecule has 120 valence electrons. The SMILES string of the molecule is C[C@@H]1CCCC[C@@H]1OCC(=O)N1[C@H](C)C[C@@H]2CCCC[C@H]21. The van der Waals surface area contributed by atoms with Crippen molar-refractivity contribution in [2.45, 2.75) is 89.8 Å². The molecule has 0 unspecified atom stereocenters. The van der Waals surface area contributed by atoms with E-state index in [2.05, 4.69) is 18.7 Å². The van der Waals surface area contributed by atoms with Gasteiger partial charge in [0.1, 0.15) is 6.61 Å². The molecule has 2 aliphatic carbocycles. The number of amides is 1. The van der Waals surface area contributed by atoms with Gasteiger partial charge >= 0.3 is 0 Å². The van der Waals surface area contributed by atoms with Crippen LogP contribution in [0.25, 0.3) is 0 Å². The summed E-state index contributed by atoms with van der Waals surface area (Å²) in [5, 5.41) is 0. The Morgan fingerprint density at radius 2 is 1.76 bits per heavy atom. The lowest BCUT2D eigenvalue weighted by molar-refractivity contribution is -0.143. The number of hydrogen-bond acceptors (Lipinski definition) is 2. The Labute approximate surface area is 129 Å². The largest absolute Gasteiger partial charge is 0.368 e. The Balaban J connectivity index is 1.54. The van der Waals surface area contributed by atoms with E-state index in [0.29, 0.717) is 30.7 Å². The van der Waals surface area contributed by atoms with Gasteiger partial charge in [-0.15, -0.1) is 0 Å². The lowest BCUT2D eigenvalue weighted by Gasteiger charge is -2.34. The third kappa shape index (κ3) is 3.28. The van der Waals surface area contributed by atoms with Crippen LogP contribution >= 0.6 is 0 Å². The molecule has 2 saturated carbocycles. The van der Waals surface area contributed by atoms with Gasteiger partial charge in [-0.1, -0.05) is 32.6 Å². The minimum Gasteiger partial charge on any atom is -0.368 e. The minimum absolute atomic E-state index is 0.245. The quantitative estimate of drug-likeness (QED) is 0.793. The third-order valence-corrected chi connectivity index (χ3v) is 6.09. The predicted molar refractivity (Wildman–Crippen MR) is 84.0 cm³/mol. The summed E-state index contributed by atoms with van der Waals surface area (Å²) in [6.45, 7) is 4.80. The van der Waals surface area contributed by atoms with Gasteiger partial charge in [0.15, 0.2) is 0 Å². The van der Waals surface area contributed by atoms with Gasteiger partial charge in [0.25, 0.3) is 0 Å². The molecule has 3 rings (SSSR count).